The van der Waals surface area contributed by atoms with Crippen LogP contribution in [0.2, 0.25) is 0 Å². The van der Waals surface area contributed by atoms with Crippen molar-refractivity contribution >= 4 is 27.8 Å². The molecule has 1 amide bonds. The van der Waals surface area contributed by atoms with Crippen LogP contribution in [-0.4, -0.2) is 36.2 Å². The number of carbonyl (C=O) groups is 2. The number of halogens is 1. The van der Waals surface area contributed by atoms with Crippen molar-refractivity contribution in [3.63, 3.8) is 0 Å². The smallest absolute Gasteiger partial charge is 0.326 e. The van der Waals surface area contributed by atoms with E-state index in [-0.39, 0.29) is 18.2 Å². The first-order chi connectivity index (χ1) is 9.58. The Bertz CT molecular complexity index is 500. The van der Waals surface area contributed by atoms with Crippen molar-refractivity contribution in [3.05, 3.63) is 34.3 Å². The molecule has 5 nitrogen and oxygen atoms in total. The molecule has 0 radical (unpaired) electrons. The highest BCUT2D eigenvalue weighted by Gasteiger charge is 2.28. The zero-order valence-electron chi connectivity index (χ0n) is 10.8. The number of nitrogens with one attached hydrogen (secondary N) is 1. The molecule has 2 N–H and O–H groups in total. The van der Waals surface area contributed by atoms with Gasteiger partial charge < -0.3 is 15.2 Å². The molecular formula is C14H16BrNO4. The Morgan fingerprint density at radius 2 is 2.20 bits per heavy atom. The van der Waals surface area contributed by atoms with E-state index in [1.807, 2.05) is 24.3 Å². The van der Waals surface area contributed by atoms with E-state index in [9.17, 15) is 14.7 Å². The molecule has 1 aliphatic rings. The minimum absolute atomic E-state index is 0.240. The van der Waals surface area contributed by atoms with Gasteiger partial charge in [0.25, 0.3) is 0 Å². The number of carbonyl (C=O) groups excluding carboxylic acids is 1. The fraction of sp³-hybridized carbons (Fsp3) is 0.429. The molecule has 108 valence electrons. The molecule has 0 saturated carbocycles. The van der Waals surface area contributed by atoms with E-state index in [2.05, 4.69) is 21.2 Å². The average molecular weight is 342 g/mol. The Hall–Kier alpha value is -1.40. The molecule has 0 spiro atoms. The SMILES string of the molecule is O=C(N[C@@H](Cc1ccccc1Br)C(=O)O)[C@@H]1CCOC1. The van der Waals surface area contributed by atoms with E-state index in [1.165, 1.54) is 0 Å². The highest BCUT2D eigenvalue weighted by Crippen LogP contribution is 2.18. The summed E-state index contributed by atoms with van der Waals surface area (Å²) >= 11 is 3.38. The highest BCUT2D eigenvalue weighted by molar-refractivity contribution is 9.10. The van der Waals surface area contributed by atoms with Gasteiger partial charge in [-0.1, -0.05) is 34.1 Å². The van der Waals surface area contributed by atoms with Gasteiger partial charge in [-0.05, 0) is 18.1 Å². The number of carboxylic acid groups (broad SMARTS) is 1. The van der Waals surface area contributed by atoms with Gasteiger partial charge in [-0.25, -0.2) is 4.79 Å². The summed E-state index contributed by atoms with van der Waals surface area (Å²) in [6, 6.07) is 6.46. The van der Waals surface area contributed by atoms with Gasteiger partial charge in [0, 0.05) is 17.5 Å². The topological polar surface area (TPSA) is 75.6 Å². The molecule has 0 unspecified atom stereocenters. The first-order valence-corrected chi connectivity index (χ1v) is 7.21. The molecule has 1 aliphatic heterocycles. The van der Waals surface area contributed by atoms with Gasteiger partial charge in [-0.15, -0.1) is 0 Å². The Morgan fingerprint density at radius 3 is 2.80 bits per heavy atom. The molecule has 2 rings (SSSR count). The van der Waals surface area contributed by atoms with Crippen LogP contribution >= 0.6 is 15.9 Å². The predicted octanol–water partition coefficient (Wildman–Crippen LogP) is 1.60. The van der Waals surface area contributed by atoms with Gasteiger partial charge in [-0.2, -0.15) is 0 Å². The minimum Gasteiger partial charge on any atom is -0.480 e. The summed E-state index contributed by atoms with van der Waals surface area (Å²) < 4.78 is 5.98. The molecular weight excluding hydrogens is 326 g/mol. The van der Waals surface area contributed by atoms with Crippen LogP contribution in [-0.2, 0) is 20.7 Å². The largest absolute Gasteiger partial charge is 0.480 e. The summed E-state index contributed by atoms with van der Waals surface area (Å²) in [5.74, 6) is -1.52. The average Bonchev–Trinajstić information content (AvgIpc) is 2.94. The predicted molar refractivity (Wildman–Crippen MR) is 76.3 cm³/mol. The quantitative estimate of drug-likeness (QED) is 0.852. The van der Waals surface area contributed by atoms with Crippen LogP contribution < -0.4 is 5.32 Å². The first-order valence-electron chi connectivity index (χ1n) is 6.42. The van der Waals surface area contributed by atoms with Crippen molar-refractivity contribution in [2.24, 2.45) is 5.92 Å². The van der Waals surface area contributed by atoms with Crippen molar-refractivity contribution in [2.75, 3.05) is 13.2 Å². The molecule has 1 aromatic carbocycles. The number of ether oxygens (including phenoxy) is 1. The fourth-order valence-electron chi connectivity index (χ4n) is 2.11. The Labute approximate surface area is 125 Å². The standard InChI is InChI=1S/C14H16BrNO4/c15-11-4-2-1-3-9(11)7-12(14(18)19)16-13(17)10-5-6-20-8-10/h1-4,10,12H,5-8H2,(H,16,17)(H,18,19)/t10-,12+/m1/s1. The highest BCUT2D eigenvalue weighted by atomic mass is 79.9. The lowest BCUT2D eigenvalue weighted by Gasteiger charge is -2.17. The second-order valence-corrected chi connectivity index (χ2v) is 5.61. The molecule has 20 heavy (non-hydrogen) atoms. The van der Waals surface area contributed by atoms with Gasteiger partial charge in [0.05, 0.1) is 12.5 Å². The Kier molecular flexibility index (Phi) is 5.14. The molecule has 0 aliphatic carbocycles. The van der Waals surface area contributed by atoms with Gasteiger partial charge in [0.2, 0.25) is 5.91 Å². The third-order valence-electron chi connectivity index (χ3n) is 3.30. The van der Waals surface area contributed by atoms with Gasteiger partial charge in [-0.3, -0.25) is 4.79 Å². The van der Waals surface area contributed by atoms with Crippen molar-refractivity contribution in [3.8, 4) is 0 Å². The van der Waals surface area contributed by atoms with E-state index < -0.39 is 12.0 Å². The van der Waals surface area contributed by atoms with Gasteiger partial charge in [0.15, 0.2) is 0 Å². The molecule has 1 fully saturated rings. The molecule has 0 aromatic heterocycles. The zero-order chi connectivity index (χ0) is 14.5. The van der Waals surface area contributed by atoms with Crippen LogP contribution in [0.25, 0.3) is 0 Å². The number of hydrogen-bond acceptors (Lipinski definition) is 3. The normalized spacial score (nSPS) is 19.6. The molecule has 0 bridgehead atoms. The van der Waals surface area contributed by atoms with Crippen LogP contribution in [0.15, 0.2) is 28.7 Å². The lowest BCUT2D eigenvalue weighted by Crippen LogP contribution is -2.45. The third-order valence-corrected chi connectivity index (χ3v) is 4.07. The fourth-order valence-corrected chi connectivity index (χ4v) is 2.56. The number of aliphatic carboxylic acids is 1. The maximum Gasteiger partial charge on any atom is 0.326 e. The van der Waals surface area contributed by atoms with Crippen LogP contribution in [0.1, 0.15) is 12.0 Å². The van der Waals surface area contributed by atoms with E-state index in [0.717, 1.165) is 10.0 Å². The van der Waals surface area contributed by atoms with E-state index in [4.69, 9.17) is 4.74 Å². The number of hydrogen-bond donors (Lipinski definition) is 2. The second-order valence-electron chi connectivity index (χ2n) is 4.76. The summed E-state index contributed by atoms with van der Waals surface area (Å²) in [5.41, 5.74) is 0.850. The molecule has 1 heterocycles. The number of rotatable bonds is 5. The summed E-state index contributed by atoms with van der Waals surface area (Å²) in [4.78, 5) is 23.3. The molecule has 2 atom stereocenters. The van der Waals surface area contributed by atoms with Crippen LogP contribution in [0.3, 0.4) is 0 Å². The summed E-state index contributed by atoms with van der Waals surface area (Å²) in [6.07, 6.45) is 0.892. The second kappa shape index (κ2) is 6.85. The Morgan fingerprint density at radius 1 is 1.45 bits per heavy atom. The number of benzene rings is 1. The van der Waals surface area contributed by atoms with Crippen molar-refractivity contribution in [1.29, 1.82) is 0 Å². The molecule has 1 aromatic rings. The lowest BCUT2D eigenvalue weighted by atomic mass is 10.0. The van der Waals surface area contributed by atoms with E-state index >= 15 is 0 Å². The maximum atomic E-state index is 12.0. The Balaban J connectivity index is 2.02. The van der Waals surface area contributed by atoms with Crippen LogP contribution in [0.5, 0.6) is 0 Å². The number of amides is 1. The summed E-state index contributed by atoms with van der Waals surface area (Å²) in [5, 5.41) is 11.9. The van der Waals surface area contributed by atoms with Gasteiger partial charge >= 0.3 is 5.97 Å². The van der Waals surface area contributed by atoms with Gasteiger partial charge in [0.1, 0.15) is 6.04 Å². The van der Waals surface area contributed by atoms with Crippen molar-refractivity contribution in [2.45, 2.75) is 18.9 Å². The third kappa shape index (κ3) is 3.80. The number of carboxylic acids is 1. The van der Waals surface area contributed by atoms with Crippen molar-refractivity contribution in [1.82, 2.24) is 5.32 Å². The maximum absolute atomic E-state index is 12.0. The minimum atomic E-state index is -1.03. The first kappa shape index (κ1) is 15.0. The zero-order valence-corrected chi connectivity index (χ0v) is 12.4. The van der Waals surface area contributed by atoms with Crippen LogP contribution in [0, 0.1) is 5.92 Å². The lowest BCUT2D eigenvalue weighted by molar-refractivity contribution is -0.142. The van der Waals surface area contributed by atoms with E-state index in [1.54, 1.807) is 0 Å². The summed E-state index contributed by atoms with van der Waals surface area (Å²) in [7, 11) is 0. The molecule has 6 heteroatoms. The van der Waals surface area contributed by atoms with Crippen LogP contribution in [0.4, 0.5) is 0 Å². The van der Waals surface area contributed by atoms with Crippen molar-refractivity contribution < 1.29 is 19.4 Å². The monoisotopic (exact) mass is 341 g/mol. The van der Waals surface area contributed by atoms with E-state index in [0.29, 0.717) is 19.6 Å². The molecule has 1 saturated heterocycles. The summed E-state index contributed by atoms with van der Waals surface area (Å²) in [6.45, 7) is 0.924.